The predicted molar refractivity (Wildman–Crippen MR) is 110 cm³/mol. The number of hydrogen-bond donors (Lipinski definition) is 4. The van der Waals surface area contributed by atoms with Crippen molar-refractivity contribution in [3.8, 4) is 0 Å². The largest absolute Gasteiger partial charge is 0.481 e. The Kier molecular flexibility index (Phi) is 6.81. The highest BCUT2D eigenvalue weighted by Crippen LogP contribution is 2.28. The van der Waals surface area contributed by atoms with Crippen molar-refractivity contribution in [2.24, 2.45) is 11.8 Å². The van der Waals surface area contributed by atoms with E-state index in [1.54, 1.807) is 31.2 Å². The second-order valence-corrected chi connectivity index (χ2v) is 7.81. The van der Waals surface area contributed by atoms with Gasteiger partial charge in [0.2, 0.25) is 11.8 Å². The normalized spacial score (nSPS) is 19.8. The molecule has 0 bridgehead atoms. The smallest absolute Gasteiger partial charge is 0.306 e. The molecule has 9 heteroatoms. The fraction of sp³-hybridized carbons (Fsp3) is 0.476. The van der Waals surface area contributed by atoms with Gasteiger partial charge < -0.3 is 15.7 Å². The number of aliphatic carboxylic acids is 1. The van der Waals surface area contributed by atoms with Crippen LogP contribution < -0.4 is 16.2 Å². The maximum atomic E-state index is 12.4. The number of carboxylic acids is 1. The van der Waals surface area contributed by atoms with E-state index in [4.69, 9.17) is 5.11 Å². The minimum Gasteiger partial charge on any atom is -0.481 e. The van der Waals surface area contributed by atoms with Crippen LogP contribution in [-0.2, 0) is 20.8 Å². The van der Waals surface area contributed by atoms with Crippen molar-refractivity contribution in [3.63, 3.8) is 0 Å². The Balaban J connectivity index is 1.49. The van der Waals surface area contributed by atoms with Gasteiger partial charge in [0, 0.05) is 11.9 Å². The highest BCUT2D eigenvalue weighted by atomic mass is 16.4. The van der Waals surface area contributed by atoms with Gasteiger partial charge in [0.25, 0.3) is 5.56 Å². The van der Waals surface area contributed by atoms with Crippen molar-refractivity contribution in [2.45, 2.75) is 45.1 Å². The van der Waals surface area contributed by atoms with Crippen LogP contribution in [0.15, 0.2) is 29.1 Å². The van der Waals surface area contributed by atoms with Crippen LogP contribution in [0.5, 0.6) is 0 Å². The monoisotopic (exact) mass is 414 g/mol. The van der Waals surface area contributed by atoms with E-state index in [1.807, 2.05) is 0 Å². The summed E-state index contributed by atoms with van der Waals surface area (Å²) in [5.74, 6) is -1.44. The molecule has 1 heterocycles. The lowest BCUT2D eigenvalue weighted by atomic mass is 9.82. The molecule has 1 saturated carbocycles. The minimum absolute atomic E-state index is 0.0614. The molecular formula is C21H26N4O5. The molecule has 1 fully saturated rings. The van der Waals surface area contributed by atoms with Gasteiger partial charge in [-0.25, -0.2) is 5.10 Å². The molecule has 2 aromatic rings. The Bertz CT molecular complexity index is 994. The molecule has 3 rings (SSSR count). The molecule has 1 aromatic carbocycles. The number of nitrogens with one attached hydrogen (secondary N) is 3. The van der Waals surface area contributed by atoms with E-state index in [0.29, 0.717) is 35.9 Å². The van der Waals surface area contributed by atoms with Crippen molar-refractivity contribution in [1.82, 2.24) is 20.8 Å². The SMILES string of the molecule is CC(NC(=O)Cc1n[nH]c(=O)c2ccccc12)C(=O)NCC1CCC(C(=O)O)CC1. The van der Waals surface area contributed by atoms with Crippen molar-refractivity contribution in [3.05, 3.63) is 40.3 Å². The second kappa shape index (κ2) is 9.51. The Morgan fingerprint density at radius 2 is 1.83 bits per heavy atom. The summed E-state index contributed by atoms with van der Waals surface area (Å²) in [5.41, 5.74) is 0.116. The average Bonchev–Trinajstić information content (AvgIpc) is 2.74. The Hall–Kier alpha value is -3.23. The summed E-state index contributed by atoms with van der Waals surface area (Å²) < 4.78 is 0. The summed E-state index contributed by atoms with van der Waals surface area (Å²) in [6.45, 7) is 2.07. The lowest BCUT2D eigenvalue weighted by Crippen LogP contribution is -2.46. The molecule has 1 aliphatic carbocycles. The number of carboxylic acid groups (broad SMARTS) is 1. The molecule has 0 aliphatic heterocycles. The minimum atomic E-state index is -0.751. The van der Waals surface area contributed by atoms with E-state index in [0.717, 1.165) is 12.8 Å². The van der Waals surface area contributed by atoms with Crippen molar-refractivity contribution < 1.29 is 19.5 Å². The number of fused-ring (bicyclic) bond motifs is 1. The molecule has 9 nitrogen and oxygen atoms in total. The predicted octanol–water partition coefficient (Wildman–Crippen LogP) is 0.977. The zero-order valence-electron chi connectivity index (χ0n) is 16.8. The number of rotatable bonds is 7. The second-order valence-electron chi connectivity index (χ2n) is 7.81. The quantitative estimate of drug-likeness (QED) is 0.532. The van der Waals surface area contributed by atoms with Gasteiger partial charge >= 0.3 is 5.97 Å². The number of aromatic nitrogens is 2. The van der Waals surface area contributed by atoms with E-state index in [2.05, 4.69) is 20.8 Å². The summed E-state index contributed by atoms with van der Waals surface area (Å²) in [6, 6.07) is 6.18. The molecule has 0 spiro atoms. The molecule has 1 aromatic heterocycles. The van der Waals surface area contributed by atoms with Gasteiger partial charge in [-0.3, -0.25) is 19.2 Å². The number of amides is 2. The molecule has 1 aliphatic rings. The van der Waals surface area contributed by atoms with Crippen LogP contribution in [0.3, 0.4) is 0 Å². The van der Waals surface area contributed by atoms with Crippen LogP contribution in [0.1, 0.15) is 38.3 Å². The van der Waals surface area contributed by atoms with Gasteiger partial charge in [-0.05, 0) is 44.6 Å². The van der Waals surface area contributed by atoms with Gasteiger partial charge in [-0.2, -0.15) is 5.10 Å². The molecule has 0 saturated heterocycles. The fourth-order valence-electron chi connectivity index (χ4n) is 3.83. The van der Waals surface area contributed by atoms with Crippen LogP contribution in [-0.4, -0.2) is 45.7 Å². The zero-order chi connectivity index (χ0) is 21.7. The first-order chi connectivity index (χ1) is 14.3. The van der Waals surface area contributed by atoms with Gasteiger partial charge in [0.1, 0.15) is 6.04 Å². The summed E-state index contributed by atoms with van der Waals surface area (Å²) in [6.07, 6.45) is 2.73. The third-order valence-electron chi connectivity index (χ3n) is 5.63. The fourth-order valence-corrected chi connectivity index (χ4v) is 3.83. The highest BCUT2D eigenvalue weighted by molar-refractivity contribution is 5.91. The van der Waals surface area contributed by atoms with Gasteiger partial charge in [0.05, 0.1) is 23.4 Å². The van der Waals surface area contributed by atoms with Crippen LogP contribution >= 0.6 is 0 Å². The summed E-state index contributed by atoms with van der Waals surface area (Å²) >= 11 is 0. The lowest BCUT2D eigenvalue weighted by Gasteiger charge is -2.26. The number of carbonyl (C=O) groups excluding carboxylic acids is 2. The zero-order valence-corrected chi connectivity index (χ0v) is 16.8. The number of H-pyrrole nitrogens is 1. The topological polar surface area (TPSA) is 141 Å². The Morgan fingerprint density at radius 1 is 1.17 bits per heavy atom. The third-order valence-corrected chi connectivity index (χ3v) is 5.63. The maximum Gasteiger partial charge on any atom is 0.306 e. The first-order valence-corrected chi connectivity index (χ1v) is 10.1. The molecule has 2 amide bonds. The highest BCUT2D eigenvalue weighted by Gasteiger charge is 2.26. The van der Waals surface area contributed by atoms with Crippen LogP contribution in [0.4, 0.5) is 0 Å². The van der Waals surface area contributed by atoms with E-state index >= 15 is 0 Å². The van der Waals surface area contributed by atoms with Crippen LogP contribution in [0.2, 0.25) is 0 Å². The van der Waals surface area contributed by atoms with E-state index in [9.17, 15) is 19.2 Å². The van der Waals surface area contributed by atoms with Crippen molar-refractivity contribution in [2.75, 3.05) is 6.54 Å². The van der Waals surface area contributed by atoms with Crippen LogP contribution in [0.25, 0.3) is 10.8 Å². The van der Waals surface area contributed by atoms with E-state index < -0.39 is 12.0 Å². The van der Waals surface area contributed by atoms with Crippen molar-refractivity contribution in [1.29, 1.82) is 0 Å². The first-order valence-electron chi connectivity index (χ1n) is 10.1. The molecule has 30 heavy (non-hydrogen) atoms. The first kappa shape index (κ1) is 21.5. The van der Waals surface area contributed by atoms with E-state index in [1.165, 1.54) is 0 Å². The van der Waals surface area contributed by atoms with E-state index in [-0.39, 0.29) is 35.6 Å². The summed E-state index contributed by atoms with van der Waals surface area (Å²) in [7, 11) is 0. The molecule has 160 valence electrons. The number of aromatic amines is 1. The molecule has 4 N–H and O–H groups in total. The number of benzene rings is 1. The number of carbonyl (C=O) groups is 3. The van der Waals surface area contributed by atoms with Gasteiger partial charge in [0.15, 0.2) is 0 Å². The summed E-state index contributed by atoms with van der Waals surface area (Å²) in [4.78, 5) is 47.5. The lowest BCUT2D eigenvalue weighted by molar-refractivity contribution is -0.143. The van der Waals surface area contributed by atoms with Gasteiger partial charge in [-0.1, -0.05) is 18.2 Å². The molecule has 1 atom stereocenters. The number of hydrogen-bond acceptors (Lipinski definition) is 5. The standard InChI is InChI=1S/C21H26N4O5/c1-12(19(27)22-11-13-6-8-14(9-7-13)21(29)30)23-18(26)10-17-15-4-2-3-5-16(15)20(28)25-24-17/h2-5,12-14H,6-11H2,1H3,(H,22,27)(H,23,26)(H,25,28)(H,29,30). The Labute approximate surface area is 173 Å². The molecule has 0 radical (unpaired) electrons. The average molecular weight is 414 g/mol. The van der Waals surface area contributed by atoms with Crippen molar-refractivity contribution >= 4 is 28.6 Å². The van der Waals surface area contributed by atoms with Crippen LogP contribution in [0, 0.1) is 11.8 Å². The third kappa shape index (κ3) is 5.22. The number of nitrogens with zero attached hydrogens (tertiary/aromatic N) is 1. The molecule has 1 unspecified atom stereocenters. The Morgan fingerprint density at radius 3 is 2.50 bits per heavy atom. The van der Waals surface area contributed by atoms with Gasteiger partial charge in [-0.15, -0.1) is 0 Å². The maximum absolute atomic E-state index is 12.4. The molecular weight excluding hydrogens is 388 g/mol. The summed E-state index contributed by atoms with van der Waals surface area (Å²) in [5, 5.41) is 22.0.